The number of carbonyl (C=O) groups excluding carboxylic acids is 1. The molecule has 2 unspecified atom stereocenters. The Morgan fingerprint density at radius 2 is 2.25 bits per heavy atom. The van der Waals surface area contributed by atoms with Gasteiger partial charge in [-0.05, 0) is 36.5 Å². The molecule has 1 aromatic carbocycles. The minimum atomic E-state index is -0.315. The van der Waals surface area contributed by atoms with Crippen LogP contribution in [0.3, 0.4) is 0 Å². The van der Waals surface area contributed by atoms with Gasteiger partial charge in [-0.25, -0.2) is 4.39 Å². The zero-order valence-electron chi connectivity index (χ0n) is 9.17. The van der Waals surface area contributed by atoms with Crippen molar-refractivity contribution < 1.29 is 9.18 Å². The summed E-state index contributed by atoms with van der Waals surface area (Å²) in [6, 6.07) is 4.47. The van der Waals surface area contributed by atoms with Gasteiger partial charge in [0.25, 0.3) is 0 Å². The van der Waals surface area contributed by atoms with E-state index in [-0.39, 0.29) is 11.7 Å². The standard InChI is InChI=1S/C13H14ClFO/c1-8-9(3-5-13(8)16)6-10-2-4-11(15)7-12(10)14/h2,4,7-9H,3,5-6H2,1H3. The first-order valence-corrected chi connectivity index (χ1v) is 5.92. The largest absolute Gasteiger partial charge is 0.299 e. The lowest BCUT2D eigenvalue weighted by atomic mass is 9.91. The second kappa shape index (κ2) is 4.54. The molecule has 0 bridgehead atoms. The first-order valence-electron chi connectivity index (χ1n) is 5.54. The van der Waals surface area contributed by atoms with Crippen molar-refractivity contribution in [1.82, 2.24) is 0 Å². The van der Waals surface area contributed by atoms with Crippen LogP contribution in [0.25, 0.3) is 0 Å². The van der Waals surface area contributed by atoms with Crippen molar-refractivity contribution in [1.29, 1.82) is 0 Å². The molecule has 1 aromatic rings. The number of rotatable bonds is 2. The highest BCUT2D eigenvalue weighted by Gasteiger charge is 2.31. The van der Waals surface area contributed by atoms with E-state index in [1.165, 1.54) is 12.1 Å². The monoisotopic (exact) mass is 240 g/mol. The third-order valence-corrected chi connectivity index (χ3v) is 3.83. The third kappa shape index (κ3) is 2.27. The van der Waals surface area contributed by atoms with Gasteiger partial charge < -0.3 is 0 Å². The SMILES string of the molecule is CC1C(=O)CCC1Cc1ccc(F)cc1Cl. The fourth-order valence-electron chi connectivity index (χ4n) is 2.32. The van der Waals surface area contributed by atoms with E-state index < -0.39 is 0 Å². The number of Topliss-reactive ketones (excluding diaryl/α,β-unsaturated/α-hetero) is 1. The van der Waals surface area contributed by atoms with Gasteiger partial charge in [0.2, 0.25) is 0 Å². The molecule has 16 heavy (non-hydrogen) atoms. The van der Waals surface area contributed by atoms with Crippen molar-refractivity contribution in [3.63, 3.8) is 0 Å². The minimum absolute atomic E-state index is 0.112. The Bertz CT molecular complexity index is 416. The molecule has 0 aliphatic heterocycles. The Morgan fingerprint density at radius 1 is 1.50 bits per heavy atom. The number of benzene rings is 1. The quantitative estimate of drug-likeness (QED) is 0.772. The summed E-state index contributed by atoms with van der Waals surface area (Å²) in [4.78, 5) is 11.4. The maximum Gasteiger partial charge on any atom is 0.135 e. The Kier molecular flexibility index (Phi) is 3.29. The fraction of sp³-hybridized carbons (Fsp3) is 0.462. The molecular weight excluding hydrogens is 227 g/mol. The molecule has 0 heterocycles. The summed E-state index contributed by atoms with van der Waals surface area (Å²) in [7, 11) is 0. The normalized spacial score (nSPS) is 25.1. The predicted octanol–water partition coefficient (Wildman–Crippen LogP) is 3.64. The highest BCUT2D eigenvalue weighted by Crippen LogP contribution is 2.33. The van der Waals surface area contributed by atoms with Crippen LogP contribution in [0.15, 0.2) is 18.2 Å². The number of hydrogen-bond donors (Lipinski definition) is 0. The molecule has 0 saturated heterocycles. The molecule has 0 N–H and O–H groups in total. The zero-order chi connectivity index (χ0) is 11.7. The molecule has 2 atom stereocenters. The van der Waals surface area contributed by atoms with Crippen LogP contribution in [0.5, 0.6) is 0 Å². The topological polar surface area (TPSA) is 17.1 Å². The number of carbonyl (C=O) groups is 1. The van der Waals surface area contributed by atoms with Gasteiger partial charge in [0.05, 0.1) is 0 Å². The van der Waals surface area contributed by atoms with Crippen molar-refractivity contribution in [2.75, 3.05) is 0 Å². The second-order valence-corrected chi connectivity index (χ2v) is 4.90. The van der Waals surface area contributed by atoms with Gasteiger partial charge in [0, 0.05) is 17.4 Å². The highest BCUT2D eigenvalue weighted by atomic mass is 35.5. The Morgan fingerprint density at radius 3 is 2.81 bits per heavy atom. The zero-order valence-corrected chi connectivity index (χ0v) is 9.93. The summed E-state index contributed by atoms with van der Waals surface area (Å²) in [5.41, 5.74) is 0.939. The second-order valence-electron chi connectivity index (χ2n) is 4.49. The van der Waals surface area contributed by atoms with Crippen molar-refractivity contribution >= 4 is 17.4 Å². The van der Waals surface area contributed by atoms with E-state index in [1.807, 2.05) is 6.92 Å². The highest BCUT2D eigenvalue weighted by molar-refractivity contribution is 6.31. The van der Waals surface area contributed by atoms with Crippen molar-refractivity contribution in [2.24, 2.45) is 11.8 Å². The number of hydrogen-bond acceptors (Lipinski definition) is 1. The third-order valence-electron chi connectivity index (χ3n) is 3.47. The molecule has 0 amide bonds. The molecule has 0 radical (unpaired) electrons. The van der Waals surface area contributed by atoms with E-state index in [2.05, 4.69) is 0 Å². The van der Waals surface area contributed by atoms with Crippen molar-refractivity contribution in [3.8, 4) is 0 Å². The lowest BCUT2D eigenvalue weighted by molar-refractivity contribution is -0.120. The van der Waals surface area contributed by atoms with Crippen molar-refractivity contribution in [3.05, 3.63) is 34.6 Å². The van der Waals surface area contributed by atoms with E-state index in [0.717, 1.165) is 18.4 Å². The van der Waals surface area contributed by atoms with Crippen LogP contribution >= 0.6 is 11.6 Å². The van der Waals surface area contributed by atoms with E-state index in [4.69, 9.17) is 11.6 Å². The molecular formula is C13H14ClFO. The lowest BCUT2D eigenvalue weighted by Gasteiger charge is -2.14. The molecule has 1 aliphatic rings. The van der Waals surface area contributed by atoms with Crippen LogP contribution in [0, 0.1) is 17.7 Å². The van der Waals surface area contributed by atoms with Crippen LogP contribution in [0.4, 0.5) is 4.39 Å². The van der Waals surface area contributed by atoms with Crippen molar-refractivity contribution in [2.45, 2.75) is 26.2 Å². The van der Waals surface area contributed by atoms with Gasteiger partial charge in [-0.3, -0.25) is 4.79 Å². The van der Waals surface area contributed by atoms with Crippen LogP contribution in [0.2, 0.25) is 5.02 Å². The number of ketones is 1. The molecule has 3 heteroatoms. The van der Waals surface area contributed by atoms with Gasteiger partial charge >= 0.3 is 0 Å². The van der Waals surface area contributed by atoms with Gasteiger partial charge in [-0.2, -0.15) is 0 Å². The minimum Gasteiger partial charge on any atom is -0.299 e. The lowest BCUT2D eigenvalue weighted by Crippen LogP contribution is -2.13. The molecule has 1 nitrogen and oxygen atoms in total. The molecule has 1 saturated carbocycles. The first kappa shape index (κ1) is 11.6. The average Bonchev–Trinajstić information content (AvgIpc) is 2.54. The summed E-state index contributed by atoms with van der Waals surface area (Å²) in [6.45, 7) is 1.97. The predicted molar refractivity (Wildman–Crippen MR) is 62.0 cm³/mol. The first-order chi connectivity index (χ1) is 7.58. The van der Waals surface area contributed by atoms with E-state index in [0.29, 0.717) is 23.1 Å². The van der Waals surface area contributed by atoms with Gasteiger partial charge in [-0.15, -0.1) is 0 Å². The Labute approximate surface area is 99.6 Å². The molecule has 2 rings (SSSR count). The fourth-order valence-corrected chi connectivity index (χ4v) is 2.56. The Balaban J connectivity index is 2.12. The molecule has 1 fully saturated rings. The van der Waals surface area contributed by atoms with Crippen LogP contribution in [0.1, 0.15) is 25.3 Å². The molecule has 1 aliphatic carbocycles. The summed E-state index contributed by atoms with van der Waals surface area (Å²) in [5, 5.41) is 0.464. The number of halogens is 2. The van der Waals surface area contributed by atoms with Crippen LogP contribution in [-0.2, 0) is 11.2 Å². The maximum atomic E-state index is 12.9. The van der Waals surface area contributed by atoms with E-state index in [1.54, 1.807) is 6.07 Å². The van der Waals surface area contributed by atoms with Crippen LogP contribution < -0.4 is 0 Å². The summed E-state index contributed by atoms with van der Waals surface area (Å²) < 4.78 is 12.9. The summed E-state index contributed by atoms with van der Waals surface area (Å²) in [6.07, 6.45) is 2.37. The molecule has 0 spiro atoms. The molecule has 86 valence electrons. The smallest absolute Gasteiger partial charge is 0.135 e. The molecule has 0 aromatic heterocycles. The maximum absolute atomic E-state index is 12.9. The average molecular weight is 241 g/mol. The van der Waals surface area contributed by atoms with Gasteiger partial charge in [0.15, 0.2) is 0 Å². The van der Waals surface area contributed by atoms with E-state index >= 15 is 0 Å². The van der Waals surface area contributed by atoms with Gasteiger partial charge in [-0.1, -0.05) is 24.6 Å². The van der Waals surface area contributed by atoms with E-state index in [9.17, 15) is 9.18 Å². The van der Waals surface area contributed by atoms with Gasteiger partial charge in [0.1, 0.15) is 11.6 Å². The Hall–Kier alpha value is -0.890. The van der Waals surface area contributed by atoms with Crippen LogP contribution in [-0.4, -0.2) is 5.78 Å². The summed E-state index contributed by atoms with van der Waals surface area (Å²) in [5.74, 6) is 0.490. The summed E-state index contributed by atoms with van der Waals surface area (Å²) >= 11 is 5.97.